The van der Waals surface area contributed by atoms with Crippen molar-refractivity contribution in [2.45, 2.75) is 6.92 Å². The first kappa shape index (κ1) is 21.0. The van der Waals surface area contributed by atoms with E-state index in [1.54, 1.807) is 23.5 Å². The molecule has 0 atom stereocenters. The third kappa shape index (κ3) is 5.07. The second-order valence-electron chi connectivity index (χ2n) is 7.39. The summed E-state index contributed by atoms with van der Waals surface area (Å²) < 4.78 is 0. The number of thiazole rings is 1. The van der Waals surface area contributed by atoms with Crippen LogP contribution in [0.5, 0.6) is 0 Å². The molecule has 0 aliphatic carbocycles. The summed E-state index contributed by atoms with van der Waals surface area (Å²) in [5.74, 6) is -0.0780. The van der Waals surface area contributed by atoms with Gasteiger partial charge in [0.1, 0.15) is 5.69 Å². The summed E-state index contributed by atoms with van der Waals surface area (Å²) in [4.78, 5) is 32.0. The highest BCUT2D eigenvalue weighted by Crippen LogP contribution is 2.28. The van der Waals surface area contributed by atoms with Crippen molar-refractivity contribution in [3.63, 3.8) is 0 Å². The maximum absolute atomic E-state index is 12.6. The molecular formula is C22H23N5O3S. The molecule has 2 heterocycles. The second-order valence-corrected chi connectivity index (χ2v) is 8.45. The molecule has 160 valence electrons. The molecule has 0 unspecified atom stereocenters. The van der Waals surface area contributed by atoms with E-state index in [1.807, 2.05) is 47.5 Å². The molecular weight excluding hydrogens is 414 g/mol. The highest BCUT2D eigenvalue weighted by molar-refractivity contribution is 7.09. The fourth-order valence-corrected chi connectivity index (χ4v) is 4.31. The number of benzene rings is 2. The molecule has 0 bridgehead atoms. The van der Waals surface area contributed by atoms with Crippen molar-refractivity contribution in [2.75, 3.05) is 42.9 Å². The van der Waals surface area contributed by atoms with Gasteiger partial charge in [-0.1, -0.05) is 24.3 Å². The van der Waals surface area contributed by atoms with Crippen molar-refractivity contribution >= 4 is 34.3 Å². The highest BCUT2D eigenvalue weighted by atomic mass is 32.1. The van der Waals surface area contributed by atoms with Crippen LogP contribution in [0.15, 0.2) is 53.9 Å². The third-order valence-corrected chi connectivity index (χ3v) is 5.99. The zero-order valence-electron chi connectivity index (χ0n) is 17.2. The maximum Gasteiger partial charge on any atom is 0.292 e. The monoisotopic (exact) mass is 437 g/mol. The topological polar surface area (TPSA) is 91.6 Å². The average molecular weight is 438 g/mol. The minimum Gasteiger partial charge on any atom is -0.363 e. The van der Waals surface area contributed by atoms with Gasteiger partial charge in [-0.15, -0.1) is 11.3 Å². The molecule has 0 spiro atoms. The fraction of sp³-hybridized carbons (Fsp3) is 0.273. The van der Waals surface area contributed by atoms with Crippen LogP contribution in [0, 0.1) is 17.0 Å². The first-order valence-corrected chi connectivity index (χ1v) is 10.9. The summed E-state index contributed by atoms with van der Waals surface area (Å²) in [5, 5.41) is 17.3. The lowest BCUT2D eigenvalue weighted by Gasteiger charge is -2.35. The largest absolute Gasteiger partial charge is 0.363 e. The summed E-state index contributed by atoms with van der Waals surface area (Å²) in [6.45, 7) is 4.85. The molecule has 3 aromatic rings. The molecule has 4 rings (SSSR count). The van der Waals surface area contributed by atoms with E-state index in [9.17, 15) is 14.9 Å². The van der Waals surface area contributed by atoms with Crippen molar-refractivity contribution in [3.8, 4) is 11.3 Å². The van der Waals surface area contributed by atoms with Gasteiger partial charge in [-0.3, -0.25) is 19.8 Å². The number of hydrogen-bond donors (Lipinski definition) is 1. The zero-order valence-corrected chi connectivity index (χ0v) is 18.0. The van der Waals surface area contributed by atoms with E-state index in [0.717, 1.165) is 22.0 Å². The molecule has 1 aromatic heterocycles. The van der Waals surface area contributed by atoms with Crippen molar-refractivity contribution in [2.24, 2.45) is 0 Å². The molecule has 1 fully saturated rings. The summed E-state index contributed by atoms with van der Waals surface area (Å²) in [6.07, 6.45) is 0. The molecule has 1 aliphatic heterocycles. The smallest absolute Gasteiger partial charge is 0.292 e. The number of hydrogen-bond acceptors (Lipinski definition) is 7. The Morgan fingerprint density at radius 3 is 2.65 bits per heavy atom. The van der Waals surface area contributed by atoms with Crippen LogP contribution in [0.1, 0.15) is 5.01 Å². The van der Waals surface area contributed by atoms with Crippen LogP contribution < -0.4 is 10.2 Å². The first-order valence-electron chi connectivity index (χ1n) is 10.0. The Labute approximate surface area is 184 Å². The van der Waals surface area contributed by atoms with Gasteiger partial charge in [0.15, 0.2) is 0 Å². The molecule has 8 nitrogen and oxygen atoms in total. The lowest BCUT2D eigenvalue weighted by atomic mass is 10.1. The van der Waals surface area contributed by atoms with E-state index in [2.05, 4.69) is 15.2 Å². The number of aryl methyl sites for hydroxylation is 1. The first-order chi connectivity index (χ1) is 15.0. The number of nitrogens with zero attached hydrogens (tertiary/aromatic N) is 4. The predicted molar refractivity (Wildman–Crippen MR) is 123 cm³/mol. The van der Waals surface area contributed by atoms with E-state index in [-0.39, 0.29) is 23.1 Å². The van der Waals surface area contributed by atoms with E-state index in [1.165, 1.54) is 6.07 Å². The SMILES string of the molecule is Cc1nc(-c2cccc(NC(=O)CN3CCN(c4ccccc4[N+](=O)[O-])CC3)c2)cs1. The molecule has 1 N–H and O–H groups in total. The summed E-state index contributed by atoms with van der Waals surface area (Å²) >= 11 is 1.60. The van der Waals surface area contributed by atoms with Crippen LogP contribution in [0.4, 0.5) is 17.1 Å². The molecule has 0 saturated carbocycles. The van der Waals surface area contributed by atoms with Gasteiger partial charge in [-0.05, 0) is 25.1 Å². The molecule has 1 amide bonds. The normalized spacial score (nSPS) is 14.4. The quantitative estimate of drug-likeness (QED) is 0.466. The van der Waals surface area contributed by atoms with Crippen molar-refractivity contribution in [1.29, 1.82) is 0 Å². The summed E-state index contributed by atoms with van der Waals surface area (Å²) in [7, 11) is 0. The van der Waals surface area contributed by atoms with Crippen LogP contribution in [-0.4, -0.2) is 53.4 Å². The van der Waals surface area contributed by atoms with Gasteiger partial charge in [-0.2, -0.15) is 0 Å². The second kappa shape index (κ2) is 9.23. The zero-order chi connectivity index (χ0) is 21.8. The van der Waals surface area contributed by atoms with Crippen molar-refractivity contribution in [3.05, 3.63) is 69.0 Å². The molecule has 1 saturated heterocycles. The number of carbonyl (C=O) groups is 1. The highest BCUT2D eigenvalue weighted by Gasteiger charge is 2.24. The van der Waals surface area contributed by atoms with Crippen LogP contribution in [0.3, 0.4) is 0 Å². The molecule has 31 heavy (non-hydrogen) atoms. The Morgan fingerprint density at radius 1 is 1.16 bits per heavy atom. The minimum absolute atomic E-state index is 0.0780. The molecule has 9 heteroatoms. The Kier molecular flexibility index (Phi) is 6.24. The summed E-state index contributed by atoms with van der Waals surface area (Å²) in [5.41, 5.74) is 3.37. The van der Waals surface area contributed by atoms with Crippen LogP contribution in [0.2, 0.25) is 0 Å². The lowest BCUT2D eigenvalue weighted by molar-refractivity contribution is -0.384. The molecule has 0 radical (unpaired) electrons. The average Bonchev–Trinajstić information content (AvgIpc) is 3.21. The van der Waals surface area contributed by atoms with E-state index >= 15 is 0 Å². The fourth-order valence-electron chi connectivity index (χ4n) is 3.69. The molecule has 2 aromatic carbocycles. The van der Waals surface area contributed by atoms with Gasteiger partial charge in [0.05, 0.1) is 22.2 Å². The Balaban J connectivity index is 1.32. The van der Waals surface area contributed by atoms with E-state index < -0.39 is 0 Å². The number of nitro benzene ring substituents is 1. The third-order valence-electron chi connectivity index (χ3n) is 5.22. The van der Waals surface area contributed by atoms with Gasteiger partial charge < -0.3 is 10.2 Å². The van der Waals surface area contributed by atoms with Crippen LogP contribution in [-0.2, 0) is 4.79 Å². The minimum atomic E-state index is -0.351. The lowest BCUT2D eigenvalue weighted by Crippen LogP contribution is -2.48. The van der Waals surface area contributed by atoms with Crippen molar-refractivity contribution in [1.82, 2.24) is 9.88 Å². The molecule has 1 aliphatic rings. The number of anilines is 2. The van der Waals surface area contributed by atoms with Gasteiger partial charge in [0.25, 0.3) is 5.69 Å². The standard InChI is InChI=1S/C22H23N5O3S/c1-16-23-19(15-31-16)17-5-4-6-18(13-17)24-22(28)14-25-9-11-26(12-10-25)20-7-2-3-8-21(20)27(29)30/h2-8,13,15H,9-12,14H2,1H3,(H,24,28). The van der Waals surface area contributed by atoms with Crippen LogP contribution in [0.25, 0.3) is 11.3 Å². The van der Waals surface area contributed by atoms with Gasteiger partial charge in [0, 0.05) is 48.9 Å². The number of para-hydroxylation sites is 2. The predicted octanol–water partition coefficient (Wildman–Crippen LogP) is 3.79. The Bertz CT molecular complexity index is 1090. The number of nitrogens with one attached hydrogen (secondary N) is 1. The summed E-state index contributed by atoms with van der Waals surface area (Å²) in [6, 6.07) is 14.5. The number of aromatic nitrogens is 1. The Hall–Kier alpha value is -3.30. The number of piperazine rings is 1. The number of nitro groups is 1. The van der Waals surface area contributed by atoms with Crippen LogP contribution >= 0.6 is 11.3 Å². The van der Waals surface area contributed by atoms with Crippen molar-refractivity contribution < 1.29 is 9.72 Å². The Morgan fingerprint density at radius 2 is 1.94 bits per heavy atom. The van der Waals surface area contributed by atoms with E-state index in [0.29, 0.717) is 31.9 Å². The number of carbonyl (C=O) groups excluding carboxylic acids is 1. The number of rotatable bonds is 6. The number of amides is 1. The van der Waals surface area contributed by atoms with Gasteiger partial charge >= 0.3 is 0 Å². The van der Waals surface area contributed by atoms with Gasteiger partial charge in [-0.25, -0.2) is 4.98 Å². The van der Waals surface area contributed by atoms with Gasteiger partial charge in [0.2, 0.25) is 5.91 Å². The maximum atomic E-state index is 12.6. The van der Waals surface area contributed by atoms with E-state index in [4.69, 9.17) is 0 Å².